The van der Waals surface area contributed by atoms with Gasteiger partial charge in [0.2, 0.25) is 5.95 Å². The summed E-state index contributed by atoms with van der Waals surface area (Å²) < 4.78 is 0. The standard InChI is InChI=1S/C10H10N4OS/c1-2-5-11-10-12-9(15)8(13-14-10)7-4-3-6-16-7/h2-4,6H,1,5H2,(H2,11,12,14,15). The van der Waals surface area contributed by atoms with Gasteiger partial charge in [0.1, 0.15) is 0 Å². The van der Waals surface area contributed by atoms with E-state index < -0.39 is 0 Å². The molecule has 0 aliphatic carbocycles. The molecule has 0 bridgehead atoms. The summed E-state index contributed by atoms with van der Waals surface area (Å²) in [4.78, 5) is 15.1. The Hall–Kier alpha value is -1.95. The molecule has 0 saturated carbocycles. The van der Waals surface area contributed by atoms with Crippen LogP contribution in [0.5, 0.6) is 0 Å². The van der Waals surface area contributed by atoms with Gasteiger partial charge in [0.05, 0.1) is 4.88 Å². The predicted octanol–water partition coefficient (Wildman–Crippen LogP) is 1.49. The Bertz CT molecular complexity index is 532. The minimum absolute atomic E-state index is 0.246. The maximum Gasteiger partial charge on any atom is 0.279 e. The van der Waals surface area contributed by atoms with Crippen LogP contribution < -0.4 is 10.9 Å². The fourth-order valence-corrected chi connectivity index (χ4v) is 1.87. The molecule has 0 amide bonds. The topological polar surface area (TPSA) is 70.7 Å². The molecule has 0 atom stereocenters. The van der Waals surface area contributed by atoms with Crippen LogP contribution in [0.25, 0.3) is 10.6 Å². The highest BCUT2D eigenvalue weighted by molar-refractivity contribution is 7.13. The van der Waals surface area contributed by atoms with Crippen molar-refractivity contribution in [1.82, 2.24) is 15.2 Å². The molecule has 0 aromatic carbocycles. The Balaban J connectivity index is 2.30. The fourth-order valence-electron chi connectivity index (χ4n) is 1.16. The van der Waals surface area contributed by atoms with Crippen molar-refractivity contribution in [2.75, 3.05) is 11.9 Å². The summed E-state index contributed by atoms with van der Waals surface area (Å²) >= 11 is 1.45. The van der Waals surface area contributed by atoms with Crippen molar-refractivity contribution in [1.29, 1.82) is 0 Å². The van der Waals surface area contributed by atoms with Crippen LogP contribution in [0, 0.1) is 0 Å². The average Bonchev–Trinajstić information content (AvgIpc) is 2.80. The van der Waals surface area contributed by atoms with Gasteiger partial charge in [-0.15, -0.1) is 28.1 Å². The van der Waals surface area contributed by atoms with Crippen molar-refractivity contribution in [3.63, 3.8) is 0 Å². The number of rotatable bonds is 4. The summed E-state index contributed by atoms with van der Waals surface area (Å²) in [6, 6.07) is 3.70. The number of H-pyrrole nitrogens is 1. The molecule has 0 saturated heterocycles. The third-order valence-electron chi connectivity index (χ3n) is 1.87. The number of hydrogen-bond donors (Lipinski definition) is 2. The molecular formula is C10H10N4OS. The van der Waals surface area contributed by atoms with E-state index in [4.69, 9.17) is 0 Å². The lowest BCUT2D eigenvalue weighted by molar-refractivity contribution is 0.950. The highest BCUT2D eigenvalue weighted by Crippen LogP contribution is 2.18. The van der Waals surface area contributed by atoms with Gasteiger partial charge in [0.25, 0.3) is 5.56 Å². The molecule has 0 spiro atoms. The first-order valence-electron chi connectivity index (χ1n) is 4.67. The Morgan fingerprint density at radius 3 is 3.06 bits per heavy atom. The van der Waals surface area contributed by atoms with Crippen LogP contribution >= 0.6 is 11.3 Å². The molecule has 0 unspecified atom stereocenters. The number of nitrogens with one attached hydrogen (secondary N) is 2. The second-order valence-corrected chi connectivity index (χ2v) is 3.95. The monoisotopic (exact) mass is 234 g/mol. The van der Waals surface area contributed by atoms with Crippen LogP contribution in [0.2, 0.25) is 0 Å². The minimum Gasteiger partial charge on any atom is -0.351 e. The smallest absolute Gasteiger partial charge is 0.279 e. The van der Waals surface area contributed by atoms with E-state index in [0.717, 1.165) is 4.88 Å². The van der Waals surface area contributed by atoms with Crippen molar-refractivity contribution in [2.45, 2.75) is 0 Å². The van der Waals surface area contributed by atoms with Gasteiger partial charge >= 0.3 is 0 Å². The van der Waals surface area contributed by atoms with Gasteiger partial charge in [-0.05, 0) is 11.4 Å². The summed E-state index contributed by atoms with van der Waals surface area (Å²) in [6.45, 7) is 4.09. The van der Waals surface area contributed by atoms with Crippen molar-refractivity contribution in [3.05, 3.63) is 40.5 Å². The predicted molar refractivity (Wildman–Crippen MR) is 64.7 cm³/mol. The maximum atomic E-state index is 11.7. The van der Waals surface area contributed by atoms with Crippen molar-refractivity contribution in [3.8, 4) is 10.6 Å². The zero-order chi connectivity index (χ0) is 11.4. The lowest BCUT2D eigenvalue weighted by Crippen LogP contribution is -2.16. The molecular weight excluding hydrogens is 224 g/mol. The Kier molecular flexibility index (Phi) is 3.11. The van der Waals surface area contributed by atoms with E-state index in [-0.39, 0.29) is 5.56 Å². The fraction of sp³-hybridized carbons (Fsp3) is 0.100. The maximum absolute atomic E-state index is 11.7. The number of nitrogens with zero attached hydrogens (tertiary/aromatic N) is 2. The molecule has 2 rings (SSSR count). The van der Waals surface area contributed by atoms with Crippen molar-refractivity contribution in [2.24, 2.45) is 0 Å². The third kappa shape index (κ3) is 2.17. The SMILES string of the molecule is C=CCNc1nnc(-c2cccs2)c(=O)[nH]1. The summed E-state index contributed by atoms with van der Waals surface area (Å²) in [5, 5.41) is 12.5. The van der Waals surface area contributed by atoms with E-state index in [0.29, 0.717) is 18.2 Å². The van der Waals surface area contributed by atoms with Crippen molar-refractivity contribution >= 4 is 17.3 Å². The molecule has 2 aromatic rings. The first-order chi connectivity index (χ1) is 7.81. The van der Waals surface area contributed by atoms with Gasteiger partial charge in [-0.25, -0.2) is 0 Å². The normalized spacial score (nSPS) is 10.0. The lowest BCUT2D eigenvalue weighted by atomic mass is 10.4. The van der Waals surface area contributed by atoms with E-state index in [2.05, 4.69) is 27.1 Å². The first-order valence-corrected chi connectivity index (χ1v) is 5.55. The molecule has 5 nitrogen and oxygen atoms in total. The summed E-state index contributed by atoms with van der Waals surface area (Å²) in [5.74, 6) is 0.352. The van der Waals surface area contributed by atoms with Gasteiger partial charge in [-0.1, -0.05) is 12.1 Å². The van der Waals surface area contributed by atoms with E-state index in [1.807, 2.05) is 17.5 Å². The third-order valence-corrected chi connectivity index (χ3v) is 2.74. The van der Waals surface area contributed by atoms with Crippen LogP contribution in [-0.4, -0.2) is 21.7 Å². The average molecular weight is 234 g/mol. The van der Waals surface area contributed by atoms with Gasteiger partial charge in [0, 0.05) is 6.54 Å². The van der Waals surface area contributed by atoms with Crippen LogP contribution in [0.3, 0.4) is 0 Å². The second kappa shape index (κ2) is 4.71. The number of hydrogen-bond acceptors (Lipinski definition) is 5. The molecule has 0 radical (unpaired) electrons. The lowest BCUT2D eigenvalue weighted by Gasteiger charge is -2.01. The summed E-state index contributed by atoms with van der Waals surface area (Å²) in [7, 11) is 0. The molecule has 0 fully saturated rings. The molecule has 6 heteroatoms. The number of aromatic amines is 1. The van der Waals surface area contributed by atoms with Crippen LogP contribution in [0.4, 0.5) is 5.95 Å². The first kappa shape index (κ1) is 10.6. The summed E-state index contributed by atoms with van der Waals surface area (Å²) in [6.07, 6.45) is 1.67. The Labute approximate surface area is 95.9 Å². The minimum atomic E-state index is -0.246. The van der Waals surface area contributed by atoms with Gasteiger partial charge < -0.3 is 5.32 Å². The van der Waals surface area contributed by atoms with E-state index in [1.54, 1.807) is 6.08 Å². The quantitative estimate of drug-likeness (QED) is 0.786. The van der Waals surface area contributed by atoms with Gasteiger partial charge in [0.15, 0.2) is 5.69 Å². The largest absolute Gasteiger partial charge is 0.351 e. The number of thiophene rings is 1. The number of aromatic nitrogens is 3. The Morgan fingerprint density at radius 1 is 1.56 bits per heavy atom. The molecule has 16 heavy (non-hydrogen) atoms. The van der Waals surface area contributed by atoms with Crippen LogP contribution in [-0.2, 0) is 0 Å². The highest BCUT2D eigenvalue weighted by atomic mass is 32.1. The van der Waals surface area contributed by atoms with E-state index in [1.165, 1.54) is 11.3 Å². The Morgan fingerprint density at radius 2 is 2.44 bits per heavy atom. The molecule has 2 N–H and O–H groups in total. The molecule has 82 valence electrons. The zero-order valence-electron chi connectivity index (χ0n) is 8.43. The molecule has 2 aromatic heterocycles. The number of anilines is 1. The van der Waals surface area contributed by atoms with Crippen LogP contribution in [0.15, 0.2) is 35.0 Å². The molecule has 0 aliphatic heterocycles. The van der Waals surface area contributed by atoms with Gasteiger partial charge in [-0.3, -0.25) is 9.78 Å². The van der Waals surface area contributed by atoms with Crippen LogP contribution in [0.1, 0.15) is 0 Å². The zero-order valence-corrected chi connectivity index (χ0v) is 9.25. The second-order valence-electron chi connectivity index (χ2n) is 3.00. The van der Waals surface area contributed by atoms with E-state index in [9.17, 15) is 4.79 Å². The molecule has 0 aliphatic rings. The highest BCUT2D eigenvalue weighted by Gasteiger charge is 2.07. The summed E-state index contributed by atoms with van der Waals surface area (Å²) in [5.41, 5.74) is 0.100. The van der Waals surface area contributed by atoms with Crippen molar-refractivity contribution < 1.29 is 0 Å². The van der Waals surface area contributed by atoms with E-state index >= 15 is 0 Å². The van der Waals surface area contributed by atoms with Gasteiger partial charge in [-0.2, -0.15) is 0 Å². The molecule has 2 heterocycles.